The molecule has 2 N–H and O–H groups in total. The van der Waals surface area contributed by atoms with Crippen molar-refractivity contribution < 1.29 is 29.3 Å². The SMILES string of the molecule is CC(C)C(=O)C(=O)OC(C(=O)O)C(C)(C)O. The minimum Gasteiger partial charge on any atom is -0.478 e. The molecule has 0 amide bonds. The van der Waals surface area contributed by atoms with Crippen LogP contribution < -0.4 is 0 Å². The van der Waals surface area contributed by atoms with Crippen LogP contribution in [0.25, 0.3) is 0 Å². The fourth-order valence-electron chi connectivity index (χ4n) is 0.898. The van der Waals surface area contributed by atoms with E-state index in [9.17, 15) is 19.5 Å². The third-order valence-electron chi connectivity index (χ3n) is 1.82. The predicted octanol–water partition coefficient (Wildman–Crippen LogP) is -0.0212. The lowest BCUT2D eigenvalue weighted by Gasteiger charge is -2.25. The second-order valence-corrected chi connectivity index (χ2v) is 4.30. The zero-order valence-corrected chi connectivity index (χ0v) is 9.68. The molecule has 0 aliphatic rings. The van der Waals surface area contributed by atoms with E-state index in [2.05, 4.69) is 4.74 Å². The molecule has 0 spiro atoms. The van der Waals surface area contributed by atoms with Gasteiger partial charge in [0.05, 0.1) is 0 Å². The Balaban J connectivity index is 4.74. The Morgan fingerprint density at radius 1 is 1.19 bits per heavy atom. The van der Waals surface area contributed by atoms with Gasteiger partial charge in [0.25, 0.3) is 0 Å². The van der Waals surface area contributed by atoms with Crippen LogP contribution in [0.4, 0.5) is 0 Å². The molecule has 92 valence electrons. The van der Waals surface area contributed by atoms with Crippen LogP contribution in [-0.4, -0.2) is 39.6 Å². The molecular weight excluding hydrogens is 216 g/mol. The molecule has 16 heavy (non-hydrogen) atoms. The van der Waals surface area contributed by atoms with Gasteiger partial charge in [-0.15, -0.1) is 0 Å². The van der Waals surface area contributed by atoms with E-state index >= 15 is 0 Å². The summed E-state index contributed by atoms with van der Waals surface area (Å²) >= 11 is 0. The van der Waals surface area contributed by atoms with Gasteiger partial charge >= 0.3 is 11.9 Å². The number of hydrogen-bond donors (Lipinski definition) is 2. The molecule has 1 unspecified atom stereocenters. The smallest absolute Gasteiger partial charge is 0.375 e. The molecule has 6 heteroatoms. The number of carboxylic acid groups (broad SMARTS) is 1. The zero-order valence-electron chi connectivity index (χ0n) is 9.68. The van der Waals surface area contributed by atoms with Gasteiger partial charge in [0, 0.05) is 5.92 Å². The maximum absolute atomic E-state index is 11.2. The Hall–Kier alpha value is -1.43. The maximum Gasteiger partial charge on any atom is 0.375 e. The van der Waals surface area contributed by atoms with Crippen LogP contribution >= 0.6 is 0 Å². The topological polar surface area (TPSA) is 101 Å². The molecule has 0 fully saturated rings. The average molecular weight is 232 g/mol. The lowest BCUT2D eigenvalue weighted by molar-refractivity contribution is -0.181. The van der Waals surface area contributed by atoms with E-state index < -0.39 is 35.3 Å². The van der Waals surface area contributed by atoms with Crippen molar-refractivity contribution in [2.45, 2.75) is 39.4 Å². The fourth-order valence-corrected chi connectivity index (χ4v) is 0.898. The van der Waals surface area contributed by atoms with Crippen LogP contribution in [0.2, 0.25) is 0 Å². The molecule has 0 aliphatic heterocycles. The highest BCUT2D eigenvalue weighted by Crippen LogP contribution is 2.14. The number of Topliss-reactive ketones (excluding diaryl/α,β-unsaturated/α-hetero) is 1. The highest BCUT2D eigenvalue weighted by Gasteiger charge is 2.38. The lowest BCUT2D eigenvalue weighted by atomic mass is 10.0. The largest absolute Gasteiger partial charge is 0.478 e. The quantitative estimate of drug-likeness (QED) is 0.510. The van der Waals surface area contributed by atoms with Crippen LogP contribution in [0.15, 0.2) is 0 Å². The summed E-state index contributed by atoms with van der Waals surface area (Å²) in [6.07, 6.45) is -1.76. The summed E-state index contributed by atoms with van der Waals surface area (Å²) in [6.45, 7) is 5.34. The monoisotopic (exact) mass is 232 g/mol. The molecule has 0 aromatic rings. The first-order valence-electron chi connectivity index (χ1n) is 4.77. The standard InChI is InChI=1S/C10H16O6/c1-5(2)6(11)9(14)16-7(8(12)13)10(3,4)15/h5,7,15H,1-4H3,(H,12,13). The summed E-state index contributed by atoms with van der Waals surface area (Å²) in [6, 6.07) is 0. The number of carboxylic acids is 1. The van der Waals surface area contributed by atoms with Gasteiger partial charge in [-0.1, -0.05) is 13.8 Å². The van der Waals surface area contributed by atoms with Crippen LogP contribution in [0.3, 0.4) is 0 Å². The Labute approximate surface area is 93.2 Å². The van der Waals surface area contributed by atoms with Gasteiger partial charge in [-0.3, -0.25) is 4.79 Å². The number of ketones is 1. The van der Waals surface area contributed by atoms with E-state index in [-0.39, 0.29) is 0 Å². The van der Waals surface area contributed by atoms with Gasteiger partial charge in [0.15, 0.2) is 0 Å². The van der Waals surface area contributed by atoms with Crippen molar-refractivity contribution in [1.29, 1.82) is 0 Å². The van der Waals surface area contributed by atoms with Gasteiger partial charge in [-0.2, -0.15) is 0 Å². The van der Waals surface area contributed by atoms with Gasteiger partial charge < -0.3 is 14.9 Å². The number of esters is 1. The summed E-state index contributed by atoms with van der Waals surface area (Å²) in [4.78, 5) is 33.1. The third kappa shape index (κ3) is 3.98. The summed E-state index contributed by atoms with van der Waals surface area (Å²) in [7, 11) is 0. The molecule has 0 aliphatic carbocycles. The molecule has 0 heterocycles. The molecule has 0 aromatic heterocycles. The molecule has 0 aromatic carbocycles. The minimum absolute atomic E-state index is 0.580. The van der Waals surface area contributed by atoms with Crippen molar-refractivity contribution in [3.63, 3.8) is 0 Å². The highest BCUT2D eigenvalue weighted by molar-refractivity contribution is 6.34. The van der Waals surface area contributed by atoms with Gasteiger partial charge in [0.1, 0.15) is 5.60 Å². The molecule has 0 saturated carbocycles. The van der Waals surface area contributed by atoms with Crippen molar-refractivity contribution in [2.24, 2.45) is 5.92 Å². The van der Waals surface area contributed by atoms with Crippen LogP contribution in [-0.2, 0) is 19.1 Å². The molecule has 6 nitrogen and oxygen atoms in total. The number of carbonyl (C=O) groups is 3. The van der Waals surface area contributed by atoms with Crippen LogP contribution in [0.1, 0.15) is 27.7 Å². The Bertz CT molecular complexity index is 299. The lowest BCUT2D eigenvalue weighted by Crippen LogP contribution is -2.46. The van der Waals surface area contributed by atoms with E-state index in [0.717, 1.165) is 0 Å². The van der Waals surface area contributed by atoms with Crippen LogP contribution in [0, 0.1) is 5.92 Å². The number of ether oxygens (including phenoxy) is 1. The Morgan fingerprint density at radius 2 is 1.62 bits per heavy atom. The maximum atomic E-state index is 11.2. The second-order valence-electron chi connectivity index (χ2n) is 4.30. The van der Waals surface area contributed by atoms with Crippen molar-refractivity contribution in [3.8, 4) is 0 Å². The van der Waals surface area contributed by atoms with Gasteiger partial charge in [-0.05, 0) is 13.8 Å². The fraction of sp³-hybridized carbons (Fsp3) is 0.700. The number of carbonyl (C=O) groups excluding carboxylic acids is 2. The number of aliphatic hydroxyl groups is 1. The first kappa shape index (κ1) is 14.6. The number of aliphatic carboxylic acids is 1. The summed E-state index contributed by atoms with van der Waals surface area (Å²) in [5.74, 6) is -4.15. The normalized spacial score (nSPS) is 13.4. The van der Waals surface area contributed by atoms with E-state index in [4.69, 9.17) is 5.11 Å². The Morgan fingerprint density at radius 3 is 1.88 bits per heavy atom. The second kappa shape index (κ2) is 5.07. The summed E-state index contributed by atoms with van der Waals surface area (Å²) in [5, 5.41) is 18.2. The first-order chi connectivity index (χ1) is 7.07. The van der Waals surface area contributed by atoms with E-state index in [0.29, 0.717) is 0 Å². The molecule has 0 bridgehead atoms. The highest BCUT2D eigenvalue weighted by atomic mass is 16.6. The zero-order chi connectivity index (χ0) is 13.1. The van der Waals surface area contributed by atoms with Crippen molar-refractivity contribution in [1.82, 2.24) is 0 Å². The predicted molar refractivity (Wildman–Crippen MR) is 53.7 cm³/mol. The van der Waals surface area contributed by atoms with Crippen molar-refractivity contribution >= 4 is 17.7 Å². The van der Waals surface area contributed by atoms with E-state index in [1.807, 2.05) is 0 Å². The summed E-state index contributed by atoms with van der Waals surface area (Å²) < 4.78 is 4.46. The van der Waals surface area contributed by atoms with Crippen molar-refractivity contribution in [3.05, 3.63) is 0 Å². The van der Waals surface area contributed by atoms with E-state index in [1.165, 1.54) is 27.7 Å². The average Bonchev–Trinajstić information content (AvgIpc) is 2.09. The first-order valence-corrected chi connectivity index (χ1v) is 4.77. The molecule has 0 radical (unpaired) electrons. The van der Waals surface area contributed by atoms with Gasteiger partial charge in [-0.25, -0.2) is 9.59 Å². The molecule has 0 rings (SSSR count). The van der Waals surface area contributed by atoms with Crippen molar-refractivity contribution in [2.75, 3.05) is 0 Å². The molecule has 0 saturated heterocycles. The number of hydrogen-bond acceptors (Lipinski definition) is 5. The van der Waals surface area contributed by atoms with E-state index in [1.54, 1.807) is 0 Å². The Kier molecular flexibility index (Phi) is 4.61. The van der Waals surface area contributed by atoms with Crippen LogP contribution in [0.5, 0.6) is 0 Å². The number of rotatable bonds is 5. The molecular formula is C10H16O6. The van der Waals surface area contributed by atoms with Gasteiger partial charge in [0.2, 0.25) is 11.9 Å². The summed E-state index contributed by atoms with van der Waals surface area (Å²) in [5.41, 5.74) is -1.75. The minimum atomic E-state index is -1.76. The third-order valence-corrected chi connectivity index (χ3v) is 1.82. The molecule has 1 atom stereocenters.